The Kier molecular flexibility index (Phi) is 6.05. The first-order chi connectivity index (χ1) is 10.2. The average molecular weight is 289 g/mol. The average Bonchev–Trinajstić information content (AvgIpc) is 2.86. The standard InChI is InChI=1S/C17H27N3O/c1-14(18)6-4-9-17(21)19-11-5-12-20-13-10-15-7-2-3-8-16(15)20/h2-3,7-8,14H,4-6,9-13,18H2,1H3,(H,19,21). The Morgan fingerprint density at radius 1 is 1.38 bits per heavy atom. The Hall–Kier alpha value is -1.55. The summed E-state index contributed by atoms with van der Waals surface area (Å²) in [4.78, 5) is 14.1. The summed E-state index contributed by atoms with van der Waals surface area (Å²) < 4.78 is 0. The van der Waals surface area contributed by atoms with Gasteiger partial charge in [0.05, 0.1) is 0 Å². The minimum Gasteiger partial charge on any atom is -0.371 e. The van der Waals surface area contributed by atoms with Crippen LogP contribution in [0, 0.1) is 0 Å². The predicted octanol–water partition coefficient (Wildman–Crippen LogP) is 2.07. The Bertz CT molecular complexity index is 459. The first kappa shape index (κ1) is 15.8. The largest absolute Gasteiger partial charge is 0.371 e. The summed E-state index contributed by atoms with van der Waals surface area (Å²) in [5.74, 6) is 0.150. The third kappa shape index (κ3) is 5.05. The number of amides is 1. The molecule has 1 aliphatic heterocycles. The highest BCUT2D eigenvalue weighted by Crippen LogP contribution is 2.27. The number of benzene rings is 1. The van der Waals surface area contributed by atoms with Crippen LogP contribution < -0.4 is 16.0 Å². The molecular weight excluding hydrogens is 262 g/mol. The molecule has 1 amide bonds. The normalized spacial score (nSPS) is 14.9. The Morgan fingerprint density at radius 2 is 2.19 bits per heavy atom. The monoisotopic (exact) mass is 289 g/mol. The first-order valence-electron chi connectivity index (χ1n) is 8.02. The molecule has 0 aliphatic carbocycles. The highest BCUT2D eigenvalue weighted by Gasteiger charge is 2.17. The summed E-state index contributed by atoms with van der Waals surface area (Å²) >= 11 is 0. The lowest BCUT2D eigenvalue weighted by atomic mass is 10.1. The van der Waals surface area contributed by atoms with Crippen LogP contribution in [0.15, 0.2) is 24.3 Å². The van der Waals surface area contributed by atoms with Crippen molar-refractivity contribution in [2.24, 2.45) is 5.73 Å². The van der Waals surface area contributed by atoms with Crippen LogP contribution in [0.1, 0.15) is 38.2 Å². The third-order valence-electron chi connectivity index (χ3n) is 3.97. The summed E-state index contributed by atoms with van der Waals surface area (Å²) in [5, 5.41) is 3.00. The SMILES string of the molecule is CC(N)CCCC(=O)NCCCN1CCc2ccccc21. The number of anilines is 1. The van der Waals surface area contributed by atoms with Crippen molar-refractivity contribution in [1.82, 2.24) is 5.32 Å². The number of carbonyl (C=O) groups is 1. The Labute approximate surface area is 127 Å². The van der Waals surface area contributed by atoms with Gasteiger partial charge in [-0.2, -0.15) is 0 Å². The molecule has 1 aliphatic rings. The minimum atomic E-state index is 0.150. The topological polar surface area (TPSA) is 58.4 Å². The van der Waals surface area contributed by atoms with Crippen molar-refractivity contribution < 1.29 is 4.79 Å². The Morgan fingerprint density at radius 3 is 3.00 bits per heavy atom. The first-order valence-corrected chi connectivity index (χ1v) is 8.02. The van der Waals surface area contributed by atoms with Crippen molar-refractivity contribution in [3.63, 3.8) is 0 Å². The van der Waals surface area contributed by atoms with Crippen LogP contribution >= 0.6 is 0 Å². The lowest BCUT2D eigenvalue weighted by molar-refractivity contribution is -0.121. The second-order valence-corrected chi connectivity index (χ2v) is 5.94. The molecule has 0 aromatic heterocycles. The lowest BCUT2D eigenvalue weighted by Gasteiger charge is -2.19. The second kappa shape index (κ2) is 8.03. The number of para-hydroxylation sites is 1. The number of hydrogen-bond donors (Lipinski definition) is 2. The molecule has 1 aromatic rings. The summed E-state index contributed by atoms with van der Waals surface area (Å²) in [6.07, 6.45) is 4.52. The molecule has 0 spiro atoms. The minimum absolute atomic E-state index is 0.150. The third-order valence-corrected chi connectivity index (χ3v) is 3.97. The fraction of sp³-hybridized carbons (Fsp3) is 0.588. The van der Waals surface area contributed by atoms with Gasteiger partial charge in [-0.3, -0.25) is 4.79 Å². The molecule has 4 heteroatoms. The van der Waals surface area contributed by atoms with Crippen LogP contribution in [0.3, 0.4) is 0 Å². The van der Waals surface area contributed by atoms with E-state index in [2.05, 4.69) is 34.5 Å². The summed E-state index contributed by atoms with van der Waals surface area (Å²) in [5.41, 5.74) is 8.48. The summed E-state index contributed by atoms with van der Waals surface area (Å²) in [6, 6.07) is 8.78. The summed E-state index contributed by atoms with van der Waals surface area (Å²) in [7, 11) is 0. The molecule has 0 saturated heterocycles. The van der Waals surface area contributed by atoms with Gasteiger partial charge in [0.1, 0.15) is 0 Å². The van der Waals surface area contributed by atoms with E-state index in [0.29, 0.717) is 6.42 Å². The number of nitrogens with two attached hydrogens (primary N) is 1. The van der Waals surface area contributed by atoms with Crippen molar-refractivity contribution in [1.29, 1.82) is 0 Å². The molecule has 1 unspecified atom stereocenters. The molecule has 0 fully saturated rings. The van der Waals surface area contributed by atoms with E-state index in [1.165, 1.54) is 11.3 Å². The van der Waals surface area contributed by atoms with Crippen LogP contribution in [0.25, 0.3) is 0 Å². The quantitative estimate of drug-likeness (QED) is 0.720. The predicted molar refractivity (Wildman–Crippen MR) is 87.5 cm³/mol. The van der Waals surface area contributed by atoms with E-state index in [9.17, 15) is 4.79 Å². The molecule has 0 radical (unpaired) electrons. The van der Waals surface area contributed by atoms with Gasteiger partial charge < -0.3 is 16.0 Å². The number of nitrogens with one attached hydrogen (secondary N) is 1. The van der Waals surface area contributed by atoms with Gasteiger partial charge in [-0.1, -0.05) is 18.2 Å². The van der Waals surface area contributed by atoms with E-state index in [1.807, 2.05) is 6.92 Å². The van der Waals surface area contributed by atoms with Crippen molar-refractivity contribution in [3.05, 3.63) is 29.8 Å². The van der Waals surface area contributed by atoms with E-state index in [0.717, 1.165) is 45.3 Å². The molecule has 2 rings (SSSR count). The van der Waals surface area contributed by atoms with Crippen LogP contribution in [-0.2, 0) is 11.2 Å². The molecule has 1 aromatic carbocycles. The van der Waals surface area contributed by atoms with Crippen molar-refractivity contribution in [2.75, 3.05) is 24.5 Å². The number of rotatable bonds is 8. The zero-order valence-corrected chi connectivity index (χ0v) is 13.0. The van der Waals surface area contributed by atoms with E-state index < -0.39 is 0 Å². The summed E-state index contributed by atoms with van der Waals surface area (Å²) in [6.45, 7) is 4.85. The van der Waals surface area contributed by atoms with E-state index in [4.69, 9.17) is 5.73 Å². The van der Waals surface area contributed by atoms with E-state index in [-0.39, 0.29) is 11.9 Å². The molecule has 0 bridgehead atoms. The zero-order valence-electron chi connectivity index (χ0n) is 13.0. The molecule has 21 heavy (non-hydrogen) atoms. The van der Waals surface area contributed by atoms with Gasteiger partial charge in [-0.05, 0) is 44.2 Å². The molecule has 1 atom stereocenters. The van der Waals surface area contributed by atoms with Gasteiger partial charge in [-0.25, -0.2) is 0 Å². The molecule has 116 valence electrons. The number of carbonyl (C=O) groups excluding carboxylic acids is 1. The molecule has 4 nitrogen and oxygen atoms in total. The maximum atomic E-state index is 11.7. The lowest BCUT2D eigenvalue weighted by Crippen LogP contribution is -2.29. The number of fused-ring (bicyclic) bond motifs is 1. The van der Waals surface area contributed by atoms with E-state index >= 15 is 0 Å². The highest BCUT2D eigenvalue weighted by atomic mass is 16.1. The molecule has 0 saturated carbocycles. The second-order valence-electron chi connectivity index (χ2n) is 5.94. The number of hydrogen-bond acceptors (Lipinski definition) is 3. The van der Waals surface area contributed by atoms with Crippen molar-refractivity contribution >= 4 is 11.6 Å². The molecule has 3 N–H and O–H groups in total. The fourth-order valence-electron chi connectivity index (χ4n) is 2.81. The van der Waals surface area contributed by atoms with E-state index in [1.54, 1.807) is 0 Å². The van der Waals surface area contributed by atoms with Crippen molar-refractivity contribution in [2.45, 2.75) is 45.1 Å². The van der Waals surface area contributed by atoms with Crippen LogP contribution in [0.4, 0.5) is 5.69 Å². The maximum absolute atomic E-state index is 11.7. The van der Waals surface area contributed by atoms with Gasteiger partial charge in [0.2, 0.25) is 5.91 Å². The van der Waals surface area contributed by atoms with Crippen molar-refractivity contribution in [3.8, 4) is 0 Å². The van der Waals surface area contributed by atoms with Gasteiger partial charge >= 0.3 is 0 Å². The van der Waals surface area contributed by atoms with Gasteiger partial charge in [0.25, 0.3) is 0 Å². The highest BCUT2D eigenvalue weighted by molar-refractivity contribution is 5.75. The van der Waals surface area contributed by atoms with Gasteiger partial charge in [-0.15, -0.1) is 0 Å². The number of nitrogens with zero attached hydrogens (tertiary/aromatic N) is 1. The molecular formula is C17H27N3O. The van der Waals surface area contributed by atoms with Gasteiger partial charge in [0.15, 0.2) is 0 Å². The zero-order chi connectivity index (χ0) is 15.1. The van der Waals surface area contributed by atoms with Crippen LogP contribution in [-0.4, -0.2) is 31.6 Å². The van der Waals surface area contributed by atoms with Crippen LogP contribution in [0.5, 0.6) is 0 Å². The molecule has 1 heterocycles. The smallest absolute Gasteiger partial charge is 0.219 e. The van der Waals surface area contributed by atoms with Crippen LogP contribution in [0.2, 0.25) is 0 Å². The maximum Gasteiger partial charge on any atom is 0.219 e. The Balaban J connectivity index is 1.59. The fourth-order valence-corrected chi connectivity index (χ4v) is 2.81. The van der Waals surface area contributed by atoms with Gasteiger partial charge in [0, 0.05) is 37.8 Å².